The van der Waals surface area contributed by atoms with Gasteiger partial charge in [0.25, 0.3) is 0 Å². The largest absolute Gasteiger partial charge is 0.395 e. The van der Waals surface area contributed by atoms with E-state index in [2.05, 4.69) is 28.7 Å². The summed E-state index contributed by atoms with van der Waals surface area (Å²) in [6.45, 7) is 4.42. The van der Waals surface area contributed by atoms with E-state index in [9.17, 15) is 5.11 Å². The van der Waals surface area contributed by atoms with Crippen LogP contribution in [0.1, 0.15) is 31.7 Å². The molecule has 90 valence electrons. The van der Waals surface area contributed by atoms with Gasteiger partial charge in [0.15, 0.2) is 0 Å². The van der Waals surface area contributed by atoms with Gasteiger partial charge < -0.3 is 5.11 Å². The molecular weight excluding hydrogens is 218 g/mol. The maximum absolute atomic E-state index is 9.17. The number of hydrogen-bond donors (Lipinski definition) is 1. The first-order valence-electron chi connectivity index (χ1n) is 6.17. The monoisotopic (exact) mass is 239 g/mol. The Morgan fingerprint density at radius 1 is 1.50 bits per heavy atom. The minimum absolute atomic E-state index is 0.271. The topological polar surface area (TPSA) is 23.5 Å². The van der Waals surface area contributed by atoms with Crippen LogP contribution < -0.4 is 0 Å². The molecule has 16 heavy (non-hydrogen) atoms. The summed E-state index contributed by atoms with van der Waals surface area (Å²) in [5, 5.41) is 13.5. The number of nitrogens with zero attached hydrogens (tertiary/aromatic N) is 1. The van der Waals surface area contributed by atoms with E-state index in [0.29, 0.717) is 6.04 Å². The van der Waals surface area contributed by atoms with Crippen LogP contribution in [0.4, 0.5) is 0 Å². The van der Waals surface area contributed by atoms with Crippen LogP contribution >= 0.6 is 11.3 Å². The SMILES string of the molecule is C[C@H]1CCC[C@H]1N(CCO)Cc1ccsc1. The van der Waals surface area contributed by atoms with Crippen LogP contribution in [-0.4, -0.2) is 29.2 Å². The van der Waals surface area contributed by atoms with E-state index in [-0.39, 0.29) is 6.61 Å². The molecular formula is C13H21NOS. The molecule has 1 saturated carbocycles. The molecule has 1 heterocycles. The van der Waals surface area contributed by atoms with Gasteiger partial charge in [-0.1, -0.05) is 13.3 Å². The van der Waals surface area contributed by atoms with Crippen molar-refractivity contribution in [2.45, 2.75) is 38.8 Å². The van der Waals surface area contributed by atoms with Gasteiger partial charge in [-0.2, -0.15) is 11.3 Å². The Morgan fingerprint density at radius 2 is 2.38 bits per heavy atom. The molecule has 2 nitrogen and oxygen atoms in total. The van der Waals surface area contributed by atoms with Crippen molar-refractivity contribution in [3.63, 3.8) is 0 Å². The first kappa shape index (κ1) is 12.1. The normalized spacial score (nSPS) is 25.4. The molecule has 1 aliphatic rings. The van der Waals surface area contributed by atoms with Gasteiger partial charge in [0.05, 0.1) is 6.61 Å². The van der Waals surface area contributed by atoms with Crippen LogP contribution in [0.25, 0.3) is 0 Å². The van der Waals surface area contributed by atoms with E-state index in [0.717, 1.165) is 19.0 Å². The van der Waals surface area contributed by atoms with Gasteiger partial charge in [0, 0.05) is 19.1 Å². The fraction of sp³-hybridized carbons (Fsp3) is 0.692. The summed E-state index contributed by atoms with van der Waals surface area (Å²) in [4.78, 5) is 2.46. The highest BCUT2D eigenvalue weighted by Crippen LogP contribution is 2.30. The minimum atomic E-state index is 0.271. The van der Waals surface area contributed by atoms with Crippen molar-refractivity contribution in [1.82, 2.24) is 4.90 Å². The molecule has 3 heteroatoms. The number of thiophene rings is 1. The molecule has 0 spiro atoms. The second-order valence-corrected chi connectivity index (χ2v) is 5.58. The molecule has 0 amide bonds. The van der Waals surface area contributed by atoms with E-state index in [1.165, 1.54) is 24.8 Å². The molecule has 0 unspecified atom stereocenters. The Hall–Kier alpha value is -0.380. The molecule has 2 atom stereocenters. The number of aliphatic hydroxyl groups is 1. The molecule has 0 radical (unpaired) electrons. The highest BCUT2D eigenvalue weighted by Gasteiger charge is 2.28. The second kappa shape index (κ2) is 5.80. The Morgan fingerprint density at radius 3 is 2.94 bits per heavy atom. The Balaban J connectivity index is 1.99. The Labute approximate surface area is 102 Å². The minimum Gasteiger partial charge on any atom is -0.395 e. The number of hydrogen-bond acceptors (Lipinski definition) is 3. The highest BCUT2D eigenvalue weighted by molar-refractivity contribution is 7.07. The molecule has 1 aliphatic carbocycles. The van der Waals surface area contributed by atoms with Gasteiger partial charge in [0.1, 0.15) is 0 Å². The third-order valence-corrected chi connectivity index (χ3v) is 4.37. The molecule has 0 bridgehead atoms. The quantitative estimate of drug-likeness (QED) is 0.854. The molecule has 2 rings (SSSR count). The summed E-state index contributed by atoms with van der Waals surface area (Å²) in [6, 6.07) is 2.86. The zero-order chi connectivity index (χ0) is 11.4. The zero-order valence-corrected chi connectivity index (χ0v) is 10.7. The van der Waals surface area contributed by atoms with Crippen molar-refractivity contribution in [2.75, 3.05) is 13.2 Å². The lowest BCUT2D eigenvalue weighted by Gasteiger charge is -2.31. The van der Waals surface area contributed by atoms with Crippen molar-refractivity contribution in [3.8, 4) is 0 Å². The van der Waals surface area contributed by atoms with Crippen LogP contribution in [0.3, 0.4) is 0 Å². The Kier molecular flexibility index (Phi) is 4.38. The maximum atomic E-state index is 9.17. The number of rotatable bonds is 5. The van der Waals surface area contributed by atoms with Gasteiger partial charge in [-0.05, 0) is 41.1 Å². The lowest BCUT2D eigenvalue weighted by molar-refractivity contribution is 0.123. The van der Waals surface area contributed by atoms with Crippen molar-refractivity contribution in [3.05, 3.63) is 22.4 Å². The summed E-state index contributed by atoms with van der Waals surface area (Å²) in [7, 11) is 0. The molecule has 0 aromatic carbocycles. The second-order valence-electron chi connectivity index (χ2n) is 4.80. The van der Waals surface area contributed by atoms with E-state index in [1.807, 2.05) is 0 Å². The molecule has 1 aromatic rings. The first-order chi connectivity index (χ1) is 7.81. The molecule has 1 N–H and O–H groups in total. The van der Waals surface area contributed by atoms with Crippen LogP contribution in [0.5, 0.6) is 0 Å². The zero-order valence-electron chi connectivity index (χ0n) is 9.93. The predicted octanol–water partition coefficient (Wildman–Crippen LogP) is 2.73. The fourth-order valence-corrected chi connectivity index (χ4v) is 3.44. The smallest absolute Gasteiger partial charge is 0.0558 e. The molecule has 0 saturated heterocycles. The maximum Gasteiger partial charge on any atom is 0.0558 e. The van der Waals surface area contributed by atoms with Gasteiger partial charge in [0.2, 0.25) is 0 Å². The van der Waals surface area contributed by atoms with Gasteiger partial charge >= 0.3 is 0 Å². The van der Waals surface area contributed by atoms with E-state index >= 15 is 0 Å². The van der Waals surface area contributed by atoms with Crippen LogP contribution in [-0.2, 0) is 6.54 Å². The van der Waals surface area contributed by atoms with Crippen LogP contribution in [0.15, 0.2) is 16.8 Å². The van der Waals surface area contributed by atoms with Crippen LogP contribution in [0, 0.1) is 5.92 Å². The first-order valence-corrected chi connectivity index (χ1v) is 7.11. The standard InChI is InChI=1S/C13H21NOS/c1-11-3-2-4-13(11)14(6-7-15)9-12-5-8-16-10-12/h5,8,10-11,13,15H,2-4,6-7,9H2,1H3/t11-,13+/m0/s1. The van der Waals surface area contributed by atoms with Crippen molar-refractivity contribution in [2.24, 2.45) is 5.92 Å². The average molecular weight is 239 g/mol. The third kappa shape index (κ3) is 2.84. The van der Waals surface area contributed by atoms with E-state index < -0.39 is 0 Å². The summed E-state index contributed by atoms with van der Waals surface area (Å²) in [5.74, 6) is 0.783. The van der Waals surface area contributed by atoms with E-state index in [4.69, 9.17) is 0 Å². The average Bonchev–Trinajstić information content (AvgIpc) is 2.88. The predicted molar refractivity (Wildman–Crippen MR) is 68.6 cm³/mol. The van der Waals surface area contributed by atoms with Crippen molar-refractivity contribution in [1.29, 1.82) is 0 Å². The summed E-state index contributed by atoms with van der Waals surface area (Å²) in [6.07, 6.45) is 3.99. The summed E-state index contributed by atoms with van der Waals surface area (Å²) in [5.41, 5.74) is 1.39. The number of aliphatic hydroxyl groups excluding tert-OH is 1. The lowest BCUT2D eigenvalue weighted by Crippen LogP contribution is -2.38. The summed E-state index contributed by atoms with van der Waals surface area (Å²) >= 11 is 1.75. The van der Waals surface area contributed by atoms with Gasteiger partial charge in [-0.3, -0.25) is 4.90 Å². The van der Waals surface area contributed by atoms with E-state index in [1.54, 1.807) is 11.3 Å². The molecule has 0 aliphatic heterocycles. The molecule has 1 fully saturated rings. The summed E-state index contributed by atoms with van der Waals surface area (Å²) < 4.78 is 0. The van der Waals surface area contributed by atoms with Crippen LogP contribution in [0.2, 0.25) is 0 Å². The van der Waals surface area contributed by atoms with Gasteiger partial charge in [-0.25, -0.2) is 0 Å². The van der Waals surface area contributed by atoms with Crippen molar-refractivity contribution < 1.29 is 5.11 Å². The lowest BCUT2D eigenvalue weighted by atomic mass is 10.0. The molecule has 1 aromatic heterocycles. The fourth-order valence-electron chi connectivity index (χ4n) is 2.78. The highest BCUT2D eigenvalue weighted by atomic mass is 32.1. The van der Waals surface area contributed by atoms with Gasteiger partial charge in [-0.15, -0.1) is 0 Å². The van der Waals surface area contributed by atoms with Crippen molar-refractivity contribution >= 4 is 11.3 Å². The Bertz CT molecular complexity index is 299. The third-order valence-electron chi connectivity index (χ3n) is 3.64.